The van der Waals surface area contributed by atoms with Crippen LogP contribution in [-0.4, -0.2) is 42.7 Å². The number of nitrogens with one attached hydrogen (secondary N) is 2. The number of nitrogens with zero attached hydrogens (tertiary/aromatic N) is 3. The number of aromatic hydroxyl groups is 2. The highest BCUT2D eigenvalue weighted by atomic mass is 16.3. The summed E-state index contributed by atoms with van der Waals surface area (Å²) in [5.74, 6) is -0.332. The van der Waals surface area contributed by atoms with E-state index in [0.29, 0.717) is 39.0 Å². The molecule has 0 aliphatic heterocycles. The normalized spacial score (nSPS) is 11.3. The maximum atomic E-state index is 13.3. The fraction of sp³-hybridized carbons (Fsp3) is 0.0714. The first-order valence-corrected chi connectivity index (χ1v) is 11.4. The second kappa shape index (κ2) is 9.46. The zero-order chi connectivity index (χ0) is 26.1. The first-order chi connectivity index (χ1) is 17.8. The Bertz CT molecular complexity index is 1700. The number of anilines is 1. The fourth-order valence-electron chi connectivity index (χ4n) is 3.96. The van der Waals surface area contributed by atoms with E-state index in [4.69, 9.17) is 0 Å². The summed E-state index contributed by atoms with van der Waals surface area (Å²) in [5, 5.41) is 23.8. The summed E-state index contributed by atoms with van der Waals surface area (Å²) in [7, 11) is 1.72. The van der Waals surface area contributed by atoms with Gasteiger partial charge in [-0.15, -0.1) is 0 Å². The molecule has 2 heterocycles. The highest BCUT2D eigenvalue weighted by Crippen LogP contribution is 2.29. The van der Waals surface area contributed by atoms with Gasteiger partial charge in [-0.05, 0) is 48.9 Å². The average Bonchev–Trinajstić information content (AvgIpc) is 3.46. The molecule has 9 nitrogen and oxygen atoms in total. The molecule has 37 heavy (non-hydrogen) atoms. The minimum Gasteiger partial charge on any atom is -0.508 e. The Morgan fingerprint density at radius 2 is 1.86 bits per heavy atom. The predicted molar refractivity (Wildman–Crippen MR) is 141 cm³/mol. The van der Waals surface area contributed by atoms with Crippen molar-refractivity contribution in [2.45, 2.75) is 6.92 Å². The molecule has 0 saturated carbocycles. The number of hydrogen-bond donors (Lipinski definition) is 4. The van der Waals surface area contributed by atoms with Crippen LogP contribution in [0.3, 0.4) is 0 Å². The number of phenolic OH excluding ortho intramolecular Hbond substituents is 1. The first kappa shape index (κ1) is 23.6. The summed E-state index contributed by atoms with van der Waals surface area (Å²) in [6.45, 7) is 1.79. The van der Waals surface area contributed by atoms with Gasteiger partial charge in [-0.3, -0.25) is 14.6 Å². The van der Waals surface area contributed by atoms with Crippen LogP contribution < -0.4 is 5.32 Å². The highest BCUT2D eigenvalue weighted by molar-refractivity contribution is 6.13. The van der Waals surface area contributed by atoms with E-state index >= 15 is 0 Å². The maximum Gasteiger partial charge on any atom is 0.291 e. The molecule has 0 aliphatic carbocycles. The van der Waals surface area contributed by atoms with E-state index in [1.807, 2.05) is 0 Å². The number of aromatic nitrogens is 3. The monoisotopic (exact) mass is 493 g/mol. The van der Waals surface area contributed by atoms with E-state index in [2.05, 4.69) is 20.3 Å². The molecule has 0 radical (unpaired) electrons. The van der Waals surface area contributed by atoms with Gasteiger partial charge in [0.2, 0.25) is 0 Å². The van der Waals surface area contributed by atoms with Crippen LogP contribution in [0.4, 0.5) is 11.4 Å². The Labute approximate surface area is 211 Å². The number of aliphatic imine (C=N–C) groups is 1. The lowest BCUT2D eigenvalue weighted by atomic mass is 10.0. The van der Waals surface area contributed by atoms with Crippen LogP contribution in [0.25, 0.3) is 10.9 Å². The van der Waals surface area contributed by atoms with Crippen LogP contribution in [0.1, 0.15) is 37.7 Å². The lowest BCUT2D eigenvalue weighted by Gasteiger charge is -2.07. The molecule has 3 aromatic carbocycles. The zero-order valence-corrected chi connectivity index (χ0v) is 20.1. The van der Waals surface area contributed by atoms with Gasteiger partial charge in [-0.2, -0.15) is 0 Å². The van der Waals surface area contributed by atoms with Crippen molar-refractivity contribution < 1.29 is 19.8 Å². The van der Waals surface area contributed by atoms with Gasteiger partial charge in [-0.25, -0.2) is 4.98 Å². The Morgan fingerprint density at radius 3 is 2.62 bits per heavy atom. The van der Waals surface area contributed by atoms with Crippen molar-refractivity contribution in [2.75, 3.05) is 5.32 Å². The Balaban J connectivity index is 1.43. The maximum absolute atomic E-state index is 13.3. The Kier molecular flexibility index (Phi) is 6.02. The van der Waals surface area contributed by atoms with Crippen LogP contribution in [0.15, 0.2) is 78.0 Å². The van der Waals surface area contributed by atoms with Gasteiger partial charge in [0, 0.05) is 59.4 Å². The number of benzene rings is 3. The minimum atomic E-state index is -0.382. The van der Waals surface area contributed by atoms with E-state index in [1.54, 1.807) is 79.3 Å². The average molecular weight is 494 g/mol. The molecule has 5 rings (SSSR count). The molecule has 0 fully saturated rings. The summed E-state index contributed by atoms with van der Waals surface area (Å²) >= 11 is 0. The number of carbonyl (C=O) groups excluding carboxylic acids is 2. The molecule has 0 bridgehead atoms. The molecule has 9 heteroatoms. The van der Waals surface area contributed by atoms with Crippen molar-refractivity contribution in [3.8, 4) is 11.6 Å². The van der Waals surface area contributed by atoms with E-state index in [-0.39, 0.29) is 29.1 Å². The summed E-state index contributed by atoms with van der Waals surface area (Å²) < 4.78 is 1.61. The summed E-state index contributed by atoms with van der Waals surface area (Å²) in [4.78, 5) is 37.1. The van der Waals surface area contributed by atoms with Crippen molar-refractivity contribution in [3.63, 3.8) is 0 Å². The standard InChI is InChI=1S/C28H23N5O4/c1-16-6-8-19(14-24(16)34)30-15-22-21-13-18(7-9-23(21)32-27(22)36)25(35)17-4-3-5-20(12-17)31-28(37)26-29-10-11-33(26)2/h3-15,32,34,36H,1-2H3,(H,31,37). The smallest absolute Gasteiger partial charge is 0.291 e. The van der Waals surface area contributed by atoms with Crippen molar-refractivity contribution in [1.82, 2.24) is 14.5 Å². The minimum absolute atomic E-state index is 0.0846. The van der Waals surface area contributed by atoms with E-state index in [0.717, 1.165) is 5.56 Å². The summed E-state index contributed by atoms with van der Waals surface area (Å²) in [6, 6.07) is 16.8. The number of fused-ring (bicyclic) bond motifs is 1. The molecular weight excluding hydrogens is 470 g/mol. The number of carbonyl (C=O) groups is 2. The fourth-order valence-corrected chi connectivity index (χ4v) is 3.96. The van der Waals surface area contributed by atoms with Crippen molar-refractivity contribution >= 4 is 40.2 Å². The molecule has 0 unspecified atom stereocenters. The van der Waals surface area contributed by atoms with Crippen LogP contribution in [0.5, 0.6) is 11.6 Å². The molecule has 0 spiro atoms. The number of hydrogen-bond acceptors (Lipinski definition) is 6. The van der Waals surface area contributed by atoms with Gasteiger partial charge in [-0.1, -0.05) is 18.2 Å². The number of ketones is 1. The van der Waals surface area contributed by atoms with Gasteiger partial charge >= 0.3 is 0 Å². The van der Waals surface area contributed by atoms with Gasteiger partial charge in [0.15, 0.2) is 17.5 Å². The largest absolute Gasteiger partial charge is 0.508 e. The lowest BCUT2D eigenvalue weighted by molar-refractivity contribution is 0.101. The van der Waals surface area contributed by atoms with E-state index in [9.17, 15) is 19.8 Å². The van der Waals surface area contributed by atoms with Gasteiger partial charge in [0.25, 0.3) is 5.91 Å². The third kappa shape index (κ3) is 4.70. The second-order valence-corrected chi connectivity index (χ2v) is 8.60. The molecule has 184 valence electrons. The molecule has 0 aliphatic rings. The summed E-state index contributed by atoms with van der Waals surface area (Å²) in [6.07, 6.45) is 4.70. The van der Waals surface area contributed by atoms with Crippen molar-refractivity contribution in [1.29, 1.82) is 0 Å². The van der Waals surface area contributed by atoms with Crippen molar-refractivity contribution in [2.24, 2.45) is 12.0 Å². The number of amides is 1. The number of H-pyrrole nitrogens is 1. The van der Waals surface area contributed by atoms with E-state index < -0.39 is 0 Å². The number of aryl methyl sites for hydroxylation is 2. The number of imidazole rings is 1. The molecular formula is C28H23N5O4. The predicted octanol–water partition coefficient (Wildman–Crippen LogP) is 4.85. The SMILES string of the molecule is Cc1ccc(N=Cc2c(O)[nH]c3ccc(C(=O)c4cccc(NC(=O)c5nccn5C)c4)cc23)cc1O. The van der Waals surface area contributed by atoms with Gasteiger partial charge in [0.05, 0.1) is 11.3 Å². The van der Waals surface area contributed by atoms with Gasteiger partial charge < -0.3 is 25.1 Å². The van der Waals surface area contributed by atoms with Crippen LogP contribution in [-0.2, 0) is 7.05 Å². The van der Waals surface area contributed by atoms with Crippen LogP contribution in [0.2, 0.25) is 0 Å². The molecule has 4 N–H and O–H groups in total. The topological polar surface area (TPSA) is 133 Å². The van der Waals surface area contributed by atoms with E-state index in [1.165, 1.54) is 18.5 Å². The molecule has 5 aromatic rings. The first-order valence-electron chi connectivity index (χ1n) is 11.4. The number of phenols is 1. The number of rotatable bonds is 6. The quantitative estimate of drug-likeness (QED) is 0.198. The molecule has 0 saturated heterocycles. The van der Waals surface area contributed by atoms with Crippen molar-refractivity contribution in [3.05, 3.63) is 101 Å². The molecule has 0 atom stereocenters. The summed E-state index contributed by atoms with van der Waals surface area (Å²) in [5.41, 5.74) is 3.57. The van der Waals surface area contributed by atoms with Crippen LogP contribution in [0, 0.1) is 6.92 Å². The Hall–Kier alpha value is -5.18. The highest BCUT2D eigenvalue weighted by Gasteiger charge is 2.16. The third-order valence-corrected chi connectivity index (χ3v) is 6.02. The van der Waals surface area contributed by atoms with Crippen LogP contribution >= 0.6 is 0 Å². The lowest BCUT2D eigenvalue weighted by Crippen LogP contribution is -2.17. The Morgan fingerprint density at radius 1 is 1.05 bits per heavy atom. The number of aromatic amines is 1. The molecule has 1 amide bonds. The third-order valence-electron chi connectivity index (χ3n) is 6.02. The molecule has 2 aromatic heterocycles. The second-order valence-electron chi connectivity index (χ2n) is 8.60. The zero-order valence-electron chi connectivity index (χ0n) is 20.1. The van der Waals surface area contributed by atoms with Gasteiger partial charge in [0.1, 0.15) is 5.75 Å².